The van der Waals surface area contributed by atoms with E-state index < -0.39 is 0 Å². The Hall–Kier alpha value is -0.550. The Labute approximate surface area is 113 Å². The maximum atomic E-state index is 9.37. The van der Waals surface area contributed by atoms with Gasteiger partial charge in [-0.3, -0.25) is 0 Å². The van der Waals surface area contributed by atoms with Crippen LogP contribution in [0, 0.1) is 0 Å². The second kappa shape index (κ2) is 5.68. The first-order valence-corrected chi connectivity index (χ1v) is 6.13. The number of benzene rings is 1. The van der Waals surface area contributed by atoms with Gasteiger partial charge in [0.1, 0.15) is 5.75 Å². The molecule has 1 aromatic carbocycles. The molecular formula is C11H11BrClNOS. The van der Waals surface area contributed by atoms with Crippen LogP contribution in [0.15, 0.2) is 40.2 Å². The van der Waals surface area contributed by atoms with Crippen LogP contribution in [-0.2, 0) is 0 Å². The quantitative estimate of drug-likeness (QED) is 0.886. The molecule has 1 aromatic heterocycles. The topological polar surface area (TPSA) is 46.2 Å². The van der Waals surface area contributed by atoms with Crippen molar-refractivity contribution < 1.29 is 5.11 Å². The second-order valence-corrected chi connectivity index (χ2v) is 5.04. The summed E-state index contributed by atoms with van der Waals surface area (Å²) in [6, 6.07) is 9.20. The van der Waals surface area contributed by atoms with Gasteiger partial charge in [-0.25, -0.2) is 0 Å². The van der Waals surface area contributed by atoms with Crippen molar-refractivity contribution in [1.29, 1.82) is 0 Å². The van der Waals surface area contributed by atoms with Gasteiger partial charge in [-0.2, -0.15) is 0 Å². The first-order chi connectivity index (χ1) is 7.18. The Kier molecular flexibility index (Phi) is 4.80. The largest absolute Gasteiger partial charge is 0.507 e. The molecule has 0 aliphatic heterocycles. The highest BCUT2D eigenvalue weighted by Gasteiger charge is 2.11. The number of nitrogens with two attached hydrogens (primary N) is 1. The first-order valence-electron chi connectivity index (χ1n) is 4.46. The van der Waals surface area contributed by atoms with Gasteiger partial charge in [0.25, 0.3) is 0 Å². The highest BCUT2D eigenvalue weighted by molar-refractivity contribution is 9.10. The monoisotopic (exact) mass is 319 g/mol. The third-order valence-corrected chi connectivity index (χ3v) is 3.77. The molecule has 0 radical (unpaired) electrons. The van der Waals surface area contributed by atoms with Crippen LogP contribution >= 0.6 is 39.7 Å². The molecule has 2 rings (SSSR count). The Bertz CT molecular complexity index is 461. The lowest BCUT2D eigenvalue weighted by Crippen LogP contribution is -2.09. The fourth-order valence-corrected chi connectivity index (χ4v) is 2.50. The molecule has 0 saturated heterocycles. The number of hydrogen-bond acceptors (Lipinski definition) is 3. The van der Waals surface area contributed by atoms with E-state index in [9.17, 15) is 5.11 Å². The maximum Gasteiger partial charge on any atom is 0.129 e. The number of hydrogen-bond donors (Lipinski definition) is 2. The summed E-state index contributed by atoms with van der Waals surface area (Å²) < 4.78 is 0.673. The van der Waals surface area contributed by atoms with E-state index >= 15 is 0 Å². The van der Waals surface area contributed by atoms with Crippen molar-refractivity contribution in [2.24, 2.45) is 5.73 Å². The summed E-state index contributed by atoms with van der Waals surface area (Å²) in [4.78, 5) is 1.12. The summed E-state index contributed by atoms with van der Waals surface area (Å²) in [5.41, 5.74) is 7.08. The SMILES string of the molecule is Cl.N[C@@H](c1ccc(O)c(Br)c1)c1cccs1. The van der Waals surface area contributed by atoms with Gasteiger partial charge in [0.15, 0.2) is 0 Å². The zero-order chi connectivity index (χ0) is 10.8. The smallest absolute Gasteiger partial charge is 0.129 e. The van der Waals surface area contributed by atoms with E-state index in [1.54, 1.807) is 17.4 Å². The molecule has 0 amide bonds. The van der Waals surface area contributed by atoms with Crippen molar-refractivity contribution in [3.8, 4) is 5.75 Å². The summed E-state index contributed by atoms with van der Waals surface area (Å²) >= 11 is 4.91. The van der Waals surface area contributed by atoms with E-state index in [0.717, 1.165) is 10.4 Å². The average molecular weight is 321 g/mol. The van der Waals surface area contributed by atoms with Crippen molar-refractivity contribution in [3.63, 3.8) is 0 Å². The third-order valence-electron chi connectivity index (χ3n) is 2.18. The van der Waals surface area contributed by atoms with E-state index in [1.807, 2.05) is 29.6 Å². The molecular weight excluding hydrogens is 310 g/mol. The van der Waals surface area contributed by atoms with Gasteiger partial charge < -0.3 is 10.8 Å². The maximum absolute atomic E-state index is 9.37. The molecule has 0 bridgehead atoms. The Morgan fingerprint density at radius 3 is 2.62 bits per heavy atom. The predicted molar refractivity (Wildman–Crippen MR) is 73.4 cm³/mol. The Balaban J connectivity index is 0.00000128. The molecule has 86 valence electrons. The van der Waals surface area contributed by atoms with Gasteiger partial charge in [-0.15, -0.1) is 23.7 Å². The number of phenols is 1. The molecule has 0 fully saturated rings. The Morgan fingerprint density at radius 2 is 2.06 bits per heavy atom. The lowest BCUT2D eigenvalue weighted by molar-refractivity contribution is 0.471. The minimum absolute atomic E-state index is 0. The number of aromatic hydroxyl groups is 1. The lowest BCUT2D eigenvalue weighted by atomic mass is 10.1. The van der Waals surface area contributed by atoms with Gasteiger partial charge in [0.2, 0.25) is 0 Å². The van der Waals surface area contributed by atoms with Crippen molar-refractivity contribution in [2.45, 2.75) is 6.04 Å². The van der Waals surface area contributed by atoms with Crippen LogP contribution in [0.25, 0.3) is 0 Å². The summed E-state index contributed by atoms with van der Waals surface area (Å²) in [6.07, 6.45) is 0. The van der Waals surface area contributed by atoms with Crippen LogP contribution in [0.5, 0.6) is 5.75 Å². The molecule has 16 heavy (non-hydrogen) atoms. The van der Waals surface area contributed by atoms with Crippen LogP contribution in [-0.4, -0.2) is 5.11 Å². The average Bonchev–Trinajstić information content (AvgIpc) is 2.74. The normalized spacial score (nSPS) is 11.9. The minimum Gasteiger partial charge on any atom is -0.507 e. The van der Waals surface area contributed by atoms with Gasteiger partial charge in [0.05, 0.1) is 10.5 Å². The number of halogens is 2. The van der Waals surface area contributed by atoms with Crippen molar-refractivity contribution in [3.05, 3.63) is 50.6 Å². The van der Waals surface area contributed by atoms with E-state index in [0.29, 0.717) is 4.47 Å². The standard InChI is InChI=1S/C11H10BrNOS.ClH/c12-8-6-7(3-4-9(8)14)11(13)10-2-1-5-15-10;/h1-6,11,14H,13H2;1H/t11-;/m0./s1. The molecule has 0 aliphatic carbocycles. The van der Waals surface area contributed by atoms with E-state index in [-0.39, 0.29) is 24.2 Å². The molecule has 3 N–H and O–H groups in total. The van der Waals surface area contributed by atoms with Gasteiger partial charge >= 0.3 is 0 Å². The second-order valence-electron chi connectivity index (χ2n) is 3.20. The molecule has 2 nitrogen and oxygen atoms in total. The van der Waals surface area contributed by atoms with Crippen molar-refractivity contribution >= 4 is 39.7 Å². The van der Waals surface area contributed by atoms with Gasteiger partial charge in [0, 0.05) is 4.88 Å². The predicted octanol–water partition coefficient (Wildman–Crippen LogP) is 3.69. The fourth-order valence-electron chi connectivity index (χ4n) is 1.35. The zero-order valence-electron chi connectivity index (χ0n) is 8.26. The summed E-state index contributed by atoms with van der Waals surface area (Å²) in [6.45, 7) is 0. The van der Waals surface area contributed by atoms with Crippen LogP contribution < -0.4 is 5.73 Å². The number of rotatable bonds is 2. The van der Waals surface area contributed by atoms with E-state index in [1.165, 1.54) is 0 Å². The highest BCUT2D eigenvalue weighted by atomic mass is 79.9. The van der Waals surface area contributed by atoms with Gasteiger partial charge in [-0.05, 0) is 45.1 Å². The summed E-state index contributed by atoms with van der Waals surface area (Å²) in [5.74, 6) is 0.233. The molecule has 1 atom stereocenters. The van der Waals surface area contributed by atoms with Crippen LogP contribution in [0.3, 0.4) is 0 Å². The number of phenolic OH excluding ortho intramolecular Hbond substituents is 1. The molecule has 0 unspecified atom stereocenters. The molecule has 2 aromatic rings. The highest BCUT2D eigenvalue weighted by Crippen LogP contribution is 2.30. The lowest BCUT2D eigenvalue weighted by Gasteiger charge is -2.10. The van der Waals surface area contributed by atoms with Gasteiger partial charge in [-0.1, -0.05) is 12.1 Å². The van der Waals surface area contributed by atoms with Crippen molar-refractivity contribution in [2.75, 3.05) is 0 Å². The molecule has 1 heterocycles. The first kappa shape index (κ1) is 13.5. The molecule has 5 heteroatoms. The van der Waals surface area contributed by atoms with Crippen LogP contribution in [0.1, 0.15) is 16.5 Å². The third kappa shape index (κ3) is 2.77. The molecule has 0 aliphatic rings. The summed E-state index contributed by atoms with van der Waals surface area (Å²) in [7, 11) is 0. The van der Waals surface area contributed by atoms with E-state index in [2.05, 4.69) is 15.9 Å². The minimum atomic E-state index is -0.123. The molecule has 0 spiro atoms. The molecule has 0 saturated carbocycles. The Morgan fingerprint density at radius 1 is 1.31 bits per heavy atom. The van der Waals surface area contributed by atoms with E-state index in [4.69, 9.17) is 5.73 Å². The van der Waals surface area contributed by atoms with Crippen LogP contribution in [0.4, 0.5) is 0 Å². The van der Waals surface area contributed by atoms with Crippen molar-refractivity contribution in [1.82, 2.24) is 0 Å². The zero-order valence-corrected chi connectivity index (χ0v) is 11.5. The number of thiophene rings is 1. The summed E-state index contributed by atoms with van der Waals surface area (Å²) in [5, 5.41) is 11.4. The fraction of sp³-hybridized carbons (Fsp3) is 0.0909. The van der Waals surface area contributed by atoms with Crippen LogP contribution in [0.2, 0.25) is 0 Å².